The van der Waals surface area contributed by atoms with Crippen molar-refractivity contribution in [3.8, 4) is 11.5 Å². The zero-order valence-electron chi connectivity index (χ0n) is 19.8. The first-order valence-corrected chi connectivity index (χ1v) is 13.4. The van der Waals surface area contributed by atoms with Gasteiger partial charge in [-0.25, -0.2) is 20.8 Å². The van der Waals surface area contributed by atoms with E-state index in [1.54, 1.807) is 26.2 Å². The number of nitrogens with one attached hydrogen (secondary N) is 2. The summed E-state index contributed by atoms with van der Waals surface area (Å²) in [5.41, 5.74) is 6.19. The molecular weight excluding hydrogens is 508 g/mol. The number of thiazole rings is 2. The van der Waals surface area contributed by atoms with Crippen LogP contribution in [0.4, 0.5) is 0 Å². The Bertz CT molecular complexity index is 1100. The molecule has 3 rings (SSSR count). The smallest absolute Gasteiger partial charge is 0.285 e. The van der Waals surface area contributed by atoms with Gasteiger partial charge in [-0.3, -0.25) is 9.59 Å². The number of hydrazone groups is 2. The highest BCUT2D eigenvalue weighted by Crippen LogP contribution is 2.42. The molecule has 0 aliphatic carbocycles. The summed E-state index contributed by atoms with van der Waals surface area (Å²) >= 11 is 3.79. The molecular formula is C22H26N6O4S3. The number of hydrogen-bond donors (Lipinski definition) is 2. The molecule has 0 fully saturated rings. The highest BCUT2D eigenvalue weighted by Gasteiger charge is 2.29. The molecule has 10 nitrogen and oxygen atoms in total. The van der Waals surface area contributed by atoms with Crippen molar-refractivity contribution in [1.29, 1.82) is 0 Å². The standard InChI is InChI=1S/C22H26N6O4S3/c1-5-9-31-15-16(32-10-6-2)18(20(30)28-26-14(4)22-24-8-12-34-22)35-17(15)19(29)27-25-13(3)21-23-7-11-33-21/h7-8,11-12H,5-6,9-10H2,1-4H3,(H,27,29)(H,28,30)/b25-13+,26-14+. The molecule has 0 aliphatic heterocycles. The summed E-state index contributed by atoms with van der Waals surface area (Å²) < 4.78 is 11.7. The Morgan fingerprint density at radius 2 is 1.26 bits per heavy atom. The SMILES string of the molecule is CCCOc1c(C(=O)N/N=C(\C)c2nccs2)sc(C(=O)N/N=C(\C)c2nccs2)c1OCCC. The van der Waals surface area contributed by atoms with Crippen molar-refractivity contribution in [1.82, 2.24) is 20.8 Å². The number of carbonyl (C=O) groups is 2. The number of nitrogens with zero attached hydrogens (tertiary/aromatic N) is 4. The highest BCUT2D eigenvalue weighted by atomic mass is 32.1. The van der Waals surface area contributed by atoms with Crippen LogP contribution in [0.25, 0.3) is 0 Å². The zero-order chi connectivity index (χ0) is 25.2. The van der Waals surface area contributed by atoms with Crippen molar-refractivity contribution in [2.24, 2.45) is 10.2 Å². The third kappa shape index (κ3) is 6.93. The van der Waals surface area contributed by atoms with E-state index < -0.39 is 11.8 Å². The van der Waals surface area contributed by atoms with Crippen LogP contribution in [-0.4, -0.2) is 46.4 Å². The predicted molar refractivity (Wildman–Crippen MR) is 139 cm³/mol. The molecule has 35 heavy (non-hydrogen) atoms. The van der Waals surface area contributed by atoms with E-state index in [2.05, 4.69) is 31.0 Å². The third-order valence-electron chi connectivity index (χ3n) is 4.27. The lowest BCUT2D eigenvalue weighted by Gasteiger charge is -2.11. The Morgan fingerprint density at radius 1 is 0.829 bits per heavy atom. The number of thiophene rings is 1. The summed E-state index contributed by atoms with van der Waals surface area (Å²) in [7, 11) is 0. The molecule has 13 heteroatoms. The van der Waals surface area contributed by atoms with Crippen molar-refractivity contribution in [2.75, 3.05) is 13.2 Å². The van der Waals surface area contributed by atoms with Crippen LogP contribution in [0.1, 0.15) is 69.9 Å². The second-order valence-corrected chi connectivity index (χ2v) is 9.88. The van der Waals surface area contributed by atoms with E-state index in [1.807, 2.05) is 24.6 Å². The molecule has 0 radical (unpaired) electrons. The molecule has 3 aromatic heterocycles. The summed E-state index contributed by atoms with van der Waals surface area (Å²) in [6, 6.07) is 0. The molecule has 2 amide bonds. The number of hydrogen-bond acceptors (Lipinski definition) is 11. The van der Waals surface area contributed by atoms with Crippen molar-refractivity contribution < 1.29 is 19.1 Å². The van der Waals surface area contributed by atoms with Crippen LogP contribution in [0, 0.1) is 0 Å². The quantitative estimate of drug-likeness (QED) is 0.259. The fourth-order valence-corrected chi connectivity index (χ4v) is 4.79. The van der Waals surface area contributed by atoms with E-state index in [9.17, 15) is 9.59 Å². The molecule has 0 atom stereocenters. The third-order valence-corrected chi connectivity index (χ3v) is 7.18. The lowest BCUT2D eigenvalue weighted by molar-refractivity contribution is 0.0945. The van der Waals surface area contributed by atoms with Crippen LogP contribution in [0.3, 0.4) is 0 Å². The first-order chi connectivity index (χ1) is 17.0. The summed E-state index contributed by atoms with van der Waals surface area (Å²) in [6.45, 7) is 8.10. The van der Waals surface area contributed by atoms with Crippen LogP contribution in [0.5, 0.6) is 11.5 Å². The molecule has 186 valence electrons. The van der Waals surface area contributed by atoms with Gasteiger partial charge >= 0.3 is 0 Å². The average Bonchev–Trinajstić information content (AvgIpc) is 3.64. The maximum absolute atomic E-state index is 13.1. The van der Waals surface area contributed by atoms with Crippen LogP contribution in [0.15, 0.2) is 33.4 Å². The predicted octanol–water partition coefficient (Wildman–Crippen LogP) is 4.55. The van der Waals surface area contributed by atoms with Crippen molar-refractivity contribution in [3.63, 3.8) is 0 Å². The van der Waals surface area contributed by atoms with Crippen LogP contribution in [0.2, 0.25) is 0 Å². The molecule has 3 heterocycles. The van der Waals surface area contributed by atoms with E-state index >= 15 is 0 Å². The second-order valence-electron chi connectivity index (χ2n) is 7.07. The van der Waals surface area contributed by atoms with Crippen LogP contribution in [-0.2, 0) is 0 Å². The fraction of sp³-hybridized carbons (Fsp3) is 0.364. The maximum Gasteiger partial charge on any atom is 0.285 e. The molecule has 0 saturated heterocycles. The largest absolute Gasteiger partial charge is 0.488 e. The van der Waals surface area contributed by atoms with Gasteiger partial charge in [0.15, 0.2) is 11.5 Å². The van der Waals surface area contributed by atoms with Gasteiger partial charge in [-0.1, -0.05) is 13.8 Å². The van der Waals surface area contributed by atoms with E-state index in [1.165, 1.54) is 22.7 Å². The van der Waals surface area contributed by atoms with Gasteiger partial charge in [0.1, 0.15) is 19.8 Å². The van der Waals surface area contributed by atoms with Gasteiger partial charge in [0.2, 0.25) is 0 Å². The number of amides is 2. The minimum absolute atomic E-state index is 0.186. The summed E-state index contributed by atoms with van der Waals surface area (Å²) in [5.74, 6) is -0.592. The molecule has 0 spiro atoms. The van der Waals surface area contributed by atoms with Crippen LogP contribution >= 0.6 is 34.0 Å². The number of carbonyl (C=O) groups excluding carboxylic acids is 2. The van der Waals surface area contributed by atoms with Crippen LogP contribution < -0.4 is 20.3 Å². The van der Waals surface area contributed by atoms with Crippen molar-refractivity contribution >= 4 is 57.2 Å². The van der Waals surface area contributed by atoms with E-state index in [4.69, 9.17) is 9.47 Å². The molecule has 0 aromatic carbocycles. The molecule has 0 unspecified atom stereocenters. The minimum atomic E-state index is -0.514. The van der Waals surface area contributed by atoms with E-state index in [0.29, 0.717) is 47.5 Å². The fourth-order valence-electron chi connectivity index (χ4n) is 2.64. The van der Waals surface area contributed by atoms with Gasteiger partial charge in [0.25, 0.3) is 11.8 Å². The Morgan fingerprint density at radius 3 is 1.60 bits per heavy atom. The zero-order valence-corrected chi connectivity index (χ0v) is 22.2. The average molecular weight is 535 g/mol. The van der Waals surface area contributed by atoms with E-state index in [0.717, 1.165) is 11.3 Å². The van der Waals surface area contributed by atoms with Gasteiger partial charge in [-0.05, 0) is 26.7 Å². The Balaban J connectivity index is 1.91. The minimum Gasteiger partial charge on any atom is -0.488 e. The molecule has 0 bridgehead atoms. The first kappa shape index (κ1) is 26.4. The maximum atomic E-state index is 13.1. The van der Waals surface area contributed by atoms with Gasteiger partial charge in [0.05, 0.1) is 24.6 Å². The number of aromatic nitrogens is 2. The number of ether oxygens (including phenoxy) is 2. The van der Waals surface area contributed by atoms with Gasteiger partial charge in [-0.2, -0.15) is 10.2 Å². The summed E-state index contributed by atoms with van der Waals surface area (Å²) in [6.07, 6.45) is 4.75. The van der Waals surface area contributed by atoms with E-state index in [-0.39, 0.29) is 21.3 Å². The lowest BCUT2D eigenvalue weighted by Crippen LogP contribution is -2.19. The topological polar surface area (TPSA) is 127 Å². The summed E-state index contributed by atoms with van der Waals surface area (Å²) in [4.78, 5) is 34.8. The molecule has 3 aromatic rings. The first-order valence-electron chi connectivity index (χ1n) is 10.9. The van der Waals surface area contributed by atoms with Gasteiger partial charge < -0.3 is 9.47 Å². The highest BCUT2D eigenvalue weighted by molar-refractivity contribution is 7.16. The Labute approximate surface area is 215 Å². The Hall–Kier alpha value is -3.16. The monoisotopic (exact) mass is 534 g/mol. The van der Waals surface area contributed by atoms with Crippen molar-refractivity contribution in [2.45, 2.75) is 40.5 Å². The molecule has 2 N–H and O–H groups in total. The Kier molecular flexibility index (Phi) is 9.87. The molecule has 0 aliphatic rings. The normalized spacial score (nSPS) is 11.9. The lowest BCUT2D eigenvalue weighted by atomic mass is 10.3. The van der Waals surface area contributed by atoms with Crippen molar-refractivity contribution in [3.05, 3.63) is 42.9 Å². The molecule has 0 saturated carbocycles. The summed E-state index contributed by atoms with van der Waals surface area (Å²) in [5, 5.41) is 13.3. The van der Waals surface area contributed by atoms with Gasteiger partial charge in [-0.15, -0.1) is 34.0 Å². The number of rotatable bonds is 12. The van der Waals surface area contributed by atoms with Gasteiger partial charge in [0, 0.05) is 23.2 Å². The second kappa shape index (κ2) is 13.1.